The number of aryl methyl sites for hydroxylation is 1. The molecule has 0 radical (unpaired) electrons. The van der Waals surface area contributed by atoms with Gasteiger partial charge < -0.3 is 14.3 Å². The van der Waals surface area contributed by atoms with Gasteiger partial charge in [-0.3, -0.25) is 9.78 Å². The first kappa shape index (κ1) is 19.1. The van der Waals surface area contributed by atoms with Crippen molar-refractivity contribution in [1.29, 1.82) is 0 Å². The summed E-state index contributed by atoms with van der Waals surface area (Å²) in [4.78, 5) is 26.4. The van der Waals surface area contributed by atoms with Gasteiger partial charge in [0.2, 0.25) is 5.79 Å². The molecule has 0 spiro atoms. The van der Waals surface area contributed by atoms with Gasteiger partial charge in [-0.25, -0.2) is 4.98 Å². The van der Waals surface area contributed by atoms with Gasteiger partial charge in [0.15, 0.2) is 5.78 Å². The van der Waals surface area contributed by atoms with Gasteiger partial charge in [0.05, 0.1) is 24.6 Å². The Labute approximate surface area is 158 Å². The molecule has 0 bridgehead atoms. The van der Waals surface area contributed by atoms with E-state index in [1.165, 1.54) is 0 Å². The molecule has 142 valence electrons. The summed E-state index contributed by atoms with van der Waals surface area (Å²) in [5.74, 6) is -1.02. The van der Waals surface area contributed by atoms with Crippen molar-refractivity contribution in [2.45, 2.75) is 33.0 Å². The largest absolute Gasteiger partial charge is 0.395 e. The topological polar surface area (TPSA) is 82.9 Å². The van der Waals surface area contributed by atoms with Gasteiger partial charge in [0.1, 0.15) is 18.0 Å². The van der Waals surface area contributed by atoms with Gasteiger partial charge in [0, 0.05) is 12.1 Å². The first-order valence-corrected chi connectivity index (χ1v) is 8.87. The van der Waals surface area contributed by atoms with Gasteiger partial charge in [0.25, 0.3) is 0 Å². The average molecular weight is 369 g/mol. The van der Waals surface area contributed by atoms with Crippen LogP contribution in [-0.4, -0.2) is 41.3 Å². The number of aromatic nitrogens is 2. The Balaban J connectivity index is 1.56. The zero-order chi connectivity index (χ0) is 19.3. The molecule has 0 saturated carbocycles. The van der Waals surface area contributed by atoms with Gasteiger partial charge in [-0.05, 0) is 45.0 Å². The van der Waals surface area contributed by atoms with Crippen LogP contribution in [0.4, 0.5) is 0 Å². The van der Waals surface area contributed by atoms with Crippen LogP contribution in [0.3, 0.4) is 0 Å². The molecule has 1 saturated heterocycles. The fraction of sp³-hybridized carbons (Fsp3) is 0.400. The minimum Gasteiger partial charge on any atom is -0.395 e. The molecule has 0 unspecified atom stereocenters. The highest BCUT2D eigenvalue weighted by Crippen LogP contribution is 2.29. The van der Waals surface area contributed by atoms with Crippen molar-refractivity contribution < 1.29 is 19.1 Å². The number of ether oxygens (including phenoxy) is 2. The number of hydrogen-bond donors (Lipinski definition) is 0. The average Bonchev–Trinajstić information content (AvgIpc) is 3.13. The molecule has 0 aromatic carbocycles. The molecular formula is C20H23N3O4. The van der Waals surface area contributed by atoms with E-state index in [2.05, 4.69) is 15.1 Å². The quantitative estimate of drug-likeness (QED) is 0.323. The lowest BCUT2D eigenvalue weighted by Gasteiger charge is -2.21. The Hall–Kier alpha value is -2.64. The van der Waals surface area contributed by atoms with Crippen molar-refractivity contribution in [2.24, 2.45) is 5.16 Å². The zero-order valence-corrected chi connectivity index (χ0v) is 15.8. The first-order chi connectivity index (χ1) is 13.0. The molecular weight excluding hydrogens is 346 g/mol. The van der Waals surface area contributed by atoms with Crippen LogP contribution < -0.4 is 0 Å². The lowest BCUT2D eigenvalue weighted by Crippen LogP contribution is -2.24. The van der Waals surface area contributed by atoms with Crippen LogP contribution in [0.1, 0.15) is 47.8 Å². The number of carbonyl (C=O) groups excluding carboxylic acids is 1. The number of hydrogen-bond acceptors (Lipinski definition) is 7. The normalized spacial score (nSPS) is 16.3. The second-order valence-electron chi connectivity index (χ2n) is 6.40. The molecule has 1 fully saturated rings. The van der Waals surface area contributed by atoms with Crippen molar-refractivity contribution in [1.82, 2.24) is 9.97 Å². The summed E-state index contributed by atoms with van der Waals surface area (Å²) in [6, 6.07) is 10.9. The highest BCUT2D eigenvalue weighted by Gasteiger charge is 2.34. The summed E-state index contributed by atoms with van der Waals surface area (Å²) in [5, 5.41) is 4.03. The number of carbonyl (C=O) groups is 1. The summed E-state index contributed by atoms with van der Waals surface area (Å²) in [6.07, 6.45) is 0.174. The van der Waals surface area contributed by atoms with Crippen LogP contribution in [0, 0.1) is 6.92 Å². The maximum Gasteiger partial charge on any atom is 0.209 e. The van der Waals surface area contributed by atoms with E-state index in [1.54, 1.807) is 25.1 Å². The van der Waals surface area contributed by atoms with Crippen LogP contribution in [0.5, 0.6) is 0 Å². The Morgan fingerprint density at radius 3 is 2.59 bits per heavy atom. The predicted molar refractivity (Wildman–Crippen MR) is 99.6 cm³/mol. The summed E-state index contributed by atoms with van der Waals surface area (Å²) in [6.45, 7) is 6.72. The second kappa shape index (κ2) is 8.37. The third kappa shape index (κ3) is 4.75. The molecule has 27 heavy (non-hydrogen) atoms. The Kier molecular flexibility index (Phi) is 5.93. The molecule has 0 atom stereocenters. The Bertz CT molecular complexity index is 845. The minimum absolute atomic E-state index is 0.125. The minimum atomic E-state index is -0.894. The van der Waals surface area contributed by atoms with Crippen LogP contribution in [0.2, 0.25) is 0 Å². The highest BCUT2D eigenvalue weighted by molar-refractivity contribution is 5.96. The van der Waals surface area contributed by atoms with E-state index >= 15 is 0 Å². The van der Waals surface area contributed by atoms with Gasteiger partial charge in [-0.15, -0.1) is 0 Å². The number of rotatable bonds is 7. The van der Waals surface area contributed by atoms with Crippen LogP contribution in [-0.2, 0) is 20.1 Å². The number of oxime groups is 1. The van der Waals surface area contributed by atoms with Crippen molar-refractivity contribution in [3.05, 3.63) is 59.2 Å². The smallest absolute Gasteiger partial charge is 0.209 e. The van der Waals surface area contributed by atoms with E-state index in [-0.39, 0.29) is 18.8 Å². The molecule has 0 amide bonds. The molecule has 0 aliphatic carbocycles. The number of ketones is 1. The van der Waals surface area contributed by atoms with Crippen LogP contribution in [0.25, 0.3) is 0 Å². The third-order valence-electron chi connectivity index (χ3n) is 4.22. The van der Waals surface area contributed by atoms with Gasteiger partial charge in [-0.1, -0.05) is 17.3 Å². The van der Waals surface area contributed by atoms with Crippen molar-refractivity contribution in [3.63, 3.8) is 0 Å². The van der Waals surface area contributed by atoms with E-state index in [9.17, 15) is 4.79 Å². The monoisotopic (exact) mass is 369 g/mol. The summed E-state index contributed by atoms with van der Waals surface area (Å²) in [7, 11) is 0. The number of Topliss-reactive ketones (excluding diaryl/α,β-unsaturated/α-hetero) is 1. The van der Waals surface area contributed by atoms with Crippen molar-refractivity contribution in [3.8, 4) is 0 Å². The van der Waals surface area contributed by atoms with Crippen LogP contribution in [0.15, 0.2) is 41.6 Å². The molecule has 1 aliphatic rings. The second-order valence-corrected chi connectivity index (χ2v) is 6.40. The fourth-order valence-corrected chi connectivity index (χ4v) is 2.71. The Morgan fingerprint density at radius 1 is 1.15 bits per heavy atom. The SMILES string of the molecule is CC(=NOCCC(=O)c1cccc(C2(C)OCCO2)n1)c1cccc(C)n1. The van der Waals surface area contributed by atoms with E-state index in [4.69, 9.17) is 14.3 Å². The molecule has 3 rings (SSSR count). The first-order valence-electron chi connectivity index (χ1n) is 8.87. The number of pyridine rings is 2. The fourth-order valence-electron chi connectivity index (χ4n) is 2.71. The molecule has 0 N–H and O–H groups in total. The zero-order valence-electron chi connectivity index (χ0n) is 15.8. The van der Waals surface area contributed by atoms with Crippen molar-refractivity contribution in [2.75, 3.05) is 19.8 Å². The molecule has 1 aliphatic heterocycles. The van der Waals surface area contributed by atoms with Crippen molar-refractivity contribution >= 4 is 11.5 Å². The molecule has 2 aromatic rings. The molecule has 2 aromatic heterocycles. The number of nitrogens with zero attached hydrogens (tertiary/aromatic N) is 3. The van der Waals surface area contributed by atoms with E-state index in [0.29, 0.717) is 30.3 Å². The standard InChI is InChI=1S/C20H23N3O4/c1-14-6-4-7-16(21-14)15(2)23-27-11-10-18(24)17-8-5-9-19(22-17)20(3)25-12-13-26-20/h4-9H,10-13H2,1-3H3. The lowest BCUT2D eigenvalue weighted by atomic mass is 10.1. The van der Waals surface area contributed by atoms with E-state index in [0.717, 1.165) is 11.4 Å². The summed E-state index contributed by atoms with van der Waals surface area (Å²) < 4.78 is 11.2. The Morgan fingerprint density at radius 2 is 1.85 bits per heavy atom. The third-order valence-corrected chi connectivity index (χ3v) is 4.22. The van der Waals surface area contributed by atoms with E-state index < -0.39 is 5.79 Å². The maximum absolute atomic E-state index is 12.4. The highest BCUT2D eigenvalue weighted by atomic mass is 16.7. The summed E-state index contributed by atoms with van der Waals surface area (Å²) >= 11 is 0. The van der Waals surface area contributed by atoms with Gasteiger partial charge in [-0.2, -0.15) is 0 Å². The van der Waals surface area contributed by atoms with E-state index in [1.807, 2.05) is 32.0 Å². The lowest BCUT2D eigenvalue weighted by molar-refractivity contribution is -0.152. The van der Waals surface area contributed by atoms with Crippen LogP contribution >= 0.6 is 0 Å². The van der Waals surface area contributed by atoms with Gasteiger partial charge >= 0.3 is 0 Å². The molecule has 7 heteroatoms. The summed E-state index contributed by atoms with van der Waals surface area (Å²) in [5.41, 5.74) is 3.27. The maximum atomic E-state index is 12.4. The molecule has 3 heterocycles. The predicted octanol–water partition coefficient (Wildman–Crippen LogP) is 3.02. The molecule has 7 nitrogen and oxygen atoms in total.